The SMILES string of the molecule is COCCCN1C(=O)c2ccc(NC(=O)Nc3cc(Cl)ccc3O)cc2C1=O. The lowest BCUT2D eigenvalue weighted by atomic mass is 10.1. The number of nitrogens with one attached hydrogen (secondary N) is 2. The summed E-state index contributed by atoms with van der Waals surface area (Å²) in [4.78, 5) is 38.2. The minimum atomic E-state index is -0.633. The molecule has 0 saturated carbocycles. The summed E-state index contributed by atoms with van der Waals surface area (Å²) in [6, 6.07) is 8.09. The van der Waals surface area contributed by atoms with E-state index in [0.717, 1.165) is 4.90 Å². The van der Waals surface area contributed by atoms with Gasteiger partial charge in [-0.05, 0) is 42.8 Å². The van der Waals surface area contributed by atoms with Crippen LogP contribution in [0.2, 0.25) is 5.02 Å². The number of imide groups is 1. The third-order valence-electron chi connectivity index (χ3n) is 4.17. The lowest BCUT2D eigenvalue weighted by molar-refractivity contribution is 0.0638. The highest BCUT2D eigenvalue weighted by Gasteiger charge is 2.35. The van der Waals surface area contributed by atoms with Crippen LogP contribution in [-0.4, -0.2) is 48.1 Å². The minimum absolute atomic E-state index is 0.138. The van der Waals surface area contributed by atoms with Crippen molar-refractivity contribution < 1.29 is 24.2 Å². The van der Waals surface area contributed by atoms with Crippen molar-refractivity contribution in [2.24, 2.45) is 0 Å². The van der Waals surface area contributed by atoms with E-state index in [0.29, 0.717) is 29.3 Å². The van der Waals surface area contributed by atoms with Gasteiger partial charge in [-0.25, -0.2) is 4.79 Å². The molecule has 1 heterocycles. The molecule has 9 heteroatoms. The summed E-state index contributed by atoms with van der Waals surface area (Å²) in [5, 5.41) is 15.1. The molecule has 0 spiro atoms. The van der Waals surface area contributed by atoms with Crippen molar-refractivity contribution in [1.29, 1.82) is 0 Å². The molecule has 1 aliphatic rings. The van der Waals surface area contributed by atoms with Crippen molar-refractivity contribution in [1.82, 2.24) is 4.90 Å². The number of halogens is 1. The molecule has 0 bridgehead atoms. The van der Waals surface area contributed by atoms with Crippen molar-refractivity contribution in [3.8, 4) is 5.75 Å². The lowest BCUT2D eigenvalue weighted by Gasteiger charge is -2.12. The first-order valence-electron chi connectivity index (χ1n) is 8.46. The molecule has 0 aromatic heterocycles. The maximum absolute atomic E-state index is 12.5. The average molecular weight is 404 g/mol. The van der Waals surface area contributed by atoms with Crippen LogP contribution < -0.4 is 10.6 Å². The topological polar surface area (TPSA) is 108 Å². The number of urea groups is 1. The minimum Gasteiger partial charge on any atom is -0.506 e. The molecule has 146 valence electrons. The predicted octanol–water partition coefficient (Wildman–Crippen LogP) is 3.32. The third-order valence-corrected chi connectivity index (χ3v) is 4.40. The van der Waals surface area contributed by atoms with Gasteiger partial charge < -0.3 is 20.5 Å². The average Bonchev–Trinajstić information content (AvgIpc) is 2.89. The largest absolute Gasteiger partial charge is 0.506 e. The monoisotopic (exact) mass is 403 g/mol. The van der Waals surface area contributed by atoms with Crippen LogP contribution in [-0.2, 0) is 4.74 Å². The standard InChI is InChI=1S/C19H18ClN3O5/c1-28-8-2-7-23-17(25)13-5-4-12(10-14(13)18(23)26)21-19(27)22-15-9-11(20)3-6-16(15)24/h3-6,9-10,24H,2,7-8H2,1H3,(H2,21,22,27). The van der Waals surface area contributed by atoms with Crippen LogP contribution in [0.25, 0.3) is 0 Å². The number of ether oxygens (including phenoxy) is 1. The fraction of sp³-hybridized carbons (Fsp3) is 0.211. The van der Waals surface area contributed by atoms with Gasteiger partial charge in [0.05, 0.1) is 16.8 Å². The summed E-state index contributed by atoms with van der Waals surface area (Å²) in [7, 11) is 1.55. The van der Waals surface area contributed by atoms with E-state index in [1.165, 1.54) is 36.4 Å². The van der Waals surface area contributed by atoms with Gasteiger partial charge in [0.25, 0.3) is 11.8 Å². The van der Waals surface area contributed by atoms with E-state index < -0.39 is 11.9 Å². The number of phenolic OH excluding ortho intramolecular Hbond substituents is 1. The van der Waals surface area contributed by atoms with Crippen LogP contribution in [0.4, 0.5) is 16.2 Å². The molecule has 0 fully saturated rings. The van der Waals surface area contributed by atoms with Gasteiger partial charge in [0.15, 0.2) is 0 Å². The first kappa shape index (κ1) is 19.7. The van der Waals surface area contributed by atoms with Gasteiger partial charge in [0.1, 0.15) is 5.75 Å². The Balaban J connectivity index is 1.71. The second-order valence-corrected chi connectivity index (χ2v) is 6.55. The van der Waals surface area contributed by atoms with Gasteiger partial charge in [-0.3, -0.25) is 14.5 Å². The summed E-state index contributed by atoms with van der Waals surface area (Å²) in [6.45, 7) is 0.703. The Morgan fingerprint density at radius 2 is 1.86 bits per heavy atom. The van der Waals surface area contributed by atoms with Crippen molar-refractivity contribution in [2.75, 3.05) is 30.9 Å². The number of hydrogen-bond donors (Lipinski definition) is 3. The number of hydrogen-bond acceptors (Lipinski definition) is 5. The van der Waals surface area contributed by atoms with E-state index in [9.17, 15) is 19.5 Å². The van der Waals surface area contributed by atoms with E-state index >= 15 is 0 Å². The number of methoxy groups -OCH3 is 1. The van der Waals surface area contributed by atoms with Crippen LogP contribution >= 0.6 is 11.6 Å². The normalized spacial score (nSPS) is 12.9. The maximum atomic E-state index is 12.5. The van der Waals surface area contributed by atoms with Crippen LogP contribution in [0.1, 0.15) is 27.1 Å². The number of amides is 4. The second-order valence-electron chi connectivity index (χ2n) is 6.11. The highest BCUT2D eigenvalue weighted by atomic mass is 35.5. The van der Waals surface area contributed by atoms with Gasteiger partial charge >= 0.3 is 6.03 Å². The van der Waals surface area contributed by atoms with E-state index in [1.54, 1.807) is 7.11 Å². The Kier molecular flexibility index (Phi) is 5.81. The second kappa shape index (κ2) is 8.28. The number of phenols is 1. The molecule has 2 aromatic carbocycles. The zero-order valence-corrected chi connectivity index (χ0v) is 15.7. The fourth-order valence-corrected chi connectivity index (χ4v) is 3.00. The molecule has 3 N–H and O–H groups in total. The van der Waals surface area contributed by atoms with Gasteiger partial charge in [-0.15, -0.1) is 0 Å². The Labute approximate surface area is 166 Å². The molecule has 28 heavy (non-hydrogen) atoms. The third kappa shape index (κ3) is 4.08. The number of benzene rings is 2. The Morgan fingerprint density at radius 3 is 2.61 bits per heavy atom. The zero-order chi connectivity index (χ0) is 20.3. The van der Waals surface area contributed by atoms with E-state index in [4.69, 9.17) is 16.3 Å². The number of aromatic hydroxyl groups is 1. The van der Waals surface area contributed by atoms with E-state index in [1.807, 2.05) is 0 Å². The molecule has 3 rings (SSSR count). The summed E-state index contributed by atoms with van der Waals surface area (Å²) < 4.78 is 4.95. The molecule has 0 saturated heterocycles. The fourth-order valence-electron chi connectivity index (χ4n) is 2.83. The van der Waals surface area contributed by atoms with Gasteiger partial charge in [0.2, 0.25) is 0 Å². The number of carbonyl (C=O) groups excluding carboxylic acids is 3. The Hall–Kier alpha value is -3.10. The molecule has 0 radical (unpaired) electrons. The van der Waals surface area contributed by atoms with Crippen LogP contribution in [0.5, 0.6) is 5.75 Å². The molecule has 0 aliphatic carbocycles. The van der Waals surface area contributed by atoms with Gasteiger partial charge in [-0.2, -0.15) is 0 Å². The van der Waals surface area contributed by atoms with Crippen LogP contribution in [0, 0.1) is 0 Å². The molecule has 0 unspecified atom stereocenters. The molecule has 2 aromatic rings. The zero-order valence-electron chi connectivity index (χ0n) is 15.0. The van der Waals surface area contributed by atoms with E-state index in [2.05, 4.69) is 10.6 Å². The number of anilines is 2. The number of fused-ring (bicyclic) bond motifs is 1. The molecule has 1 aliphatic heterocycles. The van der Waals surface area contributed by atoms with Crippen molar-refractivity contribution in [3.05, 3.63) is 52.5 Å². The van der Waals surface area contributed by atoms with E-state index in [-0.39, 0.29) is 29.5 Å². The predicted molar refractivity (Wildman–Crippen MR) is 104 cm³/mol. The smallest absolute Gasteiger partial charge is 0.323 e. The summed E-state index contributed by atoms with van der Waals surface area (Å²) in [6.07, 6.45) is 0.540. The van der Waals surface area contributed by atoms with Gasteiger partial charge in [-0.1, -0.05) is 11.6 Å². The van der Waals surface area contributed by atoms with Crippen molar-refractivity contribution in [2.45, 2.75) is 6.42 Å². The number of nitrogens with zero attached hydrogens (tertiary/aromatic N) is 1. The number of rotatable bonds is 6. The summed E-state index contributed by atoms with van der Waals surface area (Å²) in [5.41, 5.74) is 0.992. The first-order chi connectivity index (χ1) is 13.4. The molecule has 0 atom stereocenters. The Bertz CT molecular complexity index is 947. The lowest BCUT2D eigenvalue weighted by Crippen LogP contribution is -2.31. The Morgan fingerprint density at radius 1 is 1.11 bits per heavy atom. The summed E-state index contributed by atoms with van der Waals surface area (Å²) in [5.74, 6) is -0.912. The molecule has 4 amide bonds. The first-order valence-corrected chi connectivity index (χ1v) is 8.84. The maximum Gasteiger partial charge on any atom is 0.323 e. The molecular weight excluding hydrogens is 386 g/mol. The van der Waals surface area contributed by atoms with Gasteiger partial charge in [0, 0.05) is 31.0 Å². The van der Waals surface area contributed by atoms with Crippen LogP contribution in [0.15, 0.2) is 36.4 Å². The quantitative estimate of drug-likeness (QED) is 0.389. The molecular formula is C19H18ClN3O5. The molecule has 8 nitrogen and oxygen atoms in total. The highest BCUT2D eigenvalue weighted by Crippen LogP contribution is 2.28. The summed E-state index contributed by atoms with van der Waals surface area (Å²) >= 11 is 5.85. The highest BCUT2D eigenvalue weighted by molar-refractivity contribution is 6.31. The van der Waals surface area contributed by atoms with Crippen molar-refractivity contribution in [3.63, 3.8) is 0 Å². The van der Waals surface area contributed by atoms with Crippen LogP contribution in [0.3, 0.4) is 0 Å². The van der Waals surface area contributed by atoms with Crippen molar-refractivity contribution >= 4 is 40.8 Å². The number of carbonyl (C=O) groups is 3.